The highest BCUT2D eigenvalue weighted by molar-refractivity contribution is 9.10. The van der Waals surface area contributed by atoms with Crippen LogP contribution in [0.5, 0.6) is 0 Å². The summed E-state index contributed by atoms with van der Waals surface area (Å²) in [6.07, 6.45) is 0. The Morgan fingerprint density at radius 1 is 1.00 bits per heavy atom. The molecule has 0 saturated heterocycles. The summed E-state index contributed by atoms with van der Waals surface area (Å²) in [5, 5.41) is 2.48. The third-order valence-corrected chi connectivity index (χ3v) is 3.67. The molecule has 0 aromatic heterocycles. The lowest BCUT2D eigenvalue weighted by Crippen LogP contribution is -2.16. The third kappa shape index (κ3) is 2.00. The summed E-state index contributed by atoms with van der Waals surface area (Å²) in [5.74, 6) is 0.449. The molecule has 2 rings (SSSR count). The van der Waals surface area contributed by atoms with Gasteiger partial charge in [0.15, 0.2) is 0 Å². The average molecular weight is 278 g/mol. The fourth-order valence-electron chi connectivity index (χ4n) is 1.94. The lowest BCUT2D eigenvalue weighted by Gasteiger charge is -2.18. The molecule has 2 N–H and O–H groups in total. The molecular formula is C14H16BrN. The van der Waals surface area contributed by atoms with Gasteiger partial charge in [-0.3, -0.25) is 0 Å². The molecule has 84 valence electrons. The normalized spacial score (nSPS) is 13.3. The molecule has 0 saturated carbocycles. The lowest BCUT2D eigenvalue weighted by molar-refractivity contribution is 0.517. The molecule has 0 fully saturated rings. The van der Waals surface area contributed by atoms with Crippen molar-refractivity contribution in [2.45, 2.75) is 19.9 Å². The zero-order valence-corrected chi connectivity index (χ0v) is 11.2. The van der Waals surface area contributed by atoms with E-state index < -0.39 is 0 Å². The summed E-state index contributed by atoms with van der Waals surface area (Å²) >= 11 is 3.58. The zero-order valence-electron chi connectivity index (χ0n) is 9.57. The summed E-state index contributed by atoms with van der Waals surface area (Å²) in [6, 6.07) is 12.7. The van der Waals surface area contributed by atoms with Gasteiger partial charge in [-0.1, -0.05) is 60.1 Å². The highest BCUT2D eigenvalue weighted by Gasteiger charge is 2.14. The van der Waals surface area contributed by atoms with Crippen molar-refractivity contribution in [3.8, 4) is 0 Å². The van der Waals surface area contributed by atoms with Crippen LogP contribution < -0.4 is 5.73 Å². The second kappa shape index (κ2) is 4.56. The van der Waals surface area contributed by atoms with Crippen LogP contribution in [0.1, 0.15) is 25.5 Å². The number of rotatable bonds is 2. The minimum absolute atomic E-state index is 0.0954. The SMILES string of the molecule is CC(C)C(N)c1ccc(Br)c2ccccc12. The van der Waals surface area contributed by atoms with Crippen molar-refractivity contribution >= 4 is 26.7 Å². The first kappa shape index (κ1) is 11.6. The second-order valence-electron chi connectivity index (χ2n) is 4.45. The van der Waals surface area contributed by atoms with Crippen LogP contribution in [0.2, 0.25) is 0 Å². The fourth-order valence-corrected chi connectivity index (χ4v) is 2.41. The summed E-state index contributed by atoms with van der Waals surface area (Å²) in [5.41, 5.74) is 7.47. The number of hydrogen-bond acceptors (Lipinski definition) is 1. The van der Waals surface area contributed by atoms with Crippen LogP contribution in [-0.4, -0.2) is 0 Å². The number of fused-ring (bicyclic) bond motifs is 1. The van der Waals surface area contributed by atoms with Crippen molar-refractivity contribution in [2.24, 2.45) is 11.7 Å². The average Bonchev–Trinajstić information content (AvgIpc) is 2.29. The standard InChI is InChI=1S/C14H16BrN/c1-9(2)14(16)12-7-8-13(15)11-6-4-3-5-10(11)12/h3-9,14H,16H2,1-2H3. The van der Waals surface area contributed by atoms with E-state index in [1.807, 2.05) is 0 Å². The van der Waals surface area contributed by atoms with E-state index in [9.17, 15) is 0 Å². The summed E-state index contributed by atoms with van der Waals surface area (Å²) < 4.78 is 1.13. The van der Waals surface area contributed by atoms with Gasteiger partial charge in [-0.15, -0.1) is 0 Å². The van der Waals surface area contributed by atoms with Gasteiger partial charge in [-0.25, -0.2) is 0 Å². The molecule has 1 unspecified atom stereocenters. The van der Waals surface area contributed by atoms with Crippen LogP contribution in [0.3, 0.4) is 0 Å². The molecule has 0 spiro atoms. The third-order valence-electron chi connectivity index (χ3n) is 2.98. The first-order valence-electron chi connectivity index (χ1n) is 5.54. The van der Waals surface area contributed by atoms with Gasteiger partial charge in [0.1, 0.15) is 0 Å². The van der Waals surface area contributed by atoms with Gasteiger partial charge in [0.05, 0.1) is 0 Å². The van der Waals surface area contributed by atoms with Gasteiger partial charge in [-0.2, -0.15) is 0 Å². The van der Waals surface area contributed by atoms with E-state index in [0.717, 1.165) is 4.47 Å². The number of hydrogen-bond donors (Lipinski definition) is 1. The molecule has 2 aromatic rings. The van der Waals surface area contributed by atoms with E-state index in [0.29, 0.717) is 5.92 Å². The molecule has 0 aliphatic carbocycles. The van der Waals surface area contributed by atoms with Gasteiger partial charge in [0.2, 0.25) is 0 Å². The molecule has 0 bridgehead atoms. The first-order chi connectivity index (χ1) is 7.61. The summed E-state index contributed by atoms with van der Waals surface area (Å²) in [6.45, 7) is 4.31. The minimum Gasteiger partial charge on any atom is -0.324 e. The molecule has 1 nitrogen and oxygen atoms in total. The highest BCUT2D eigenvalue weighted by atomic mass is 79.9. The van der Waals surface area contributed by atoms with Crippen LogP contribution in [0.25, 0.3) is 10.8 Å². The van der Waals surface area contributed by atoms with E-state index in [-0.39, 0.29) is 6.04 Å². The van der Waals surface area contributed by atoms with E-state index in [1.165, 1.54) is 16.3 Å². The maximum atomic E-state index is 6.24. The summed E-state index contributed by atoms with van der Waals surface area (Å²) in [7, 11) is 0. The minimum atomic E-state index is 0.0954. The molecule has 0 aliphatic rings. The summed E-state index contributed by atoms with van der Waals surface area (Å²) in [4.78, 5) is 0. The Morgan fingerprint density at radius 3 is 2.25 bits per heavy atom. The lowest BCUT2D eigenvalue weighted by atomic mass is 9.92. The molecule has 0 radical (unpaired) electrons. The monoisotopic (exact) mass is 277 g/mol. The van der Waals surface area contributed by atoms with E-state index in [1.54, 1.807) is 0 Å². The molecule has 1 atom stereocenters. The van der Waals surface area contributed by atoms with E-state index in [4.69, 9.17) is 5.73 Å². The Bertz CT molecular complexity index is 505. The van der Waals surface area contributed by atoms with Crippen molar-refractivity contribution in [2.75, 3.05) is 0 Å². The van der Waals surface area contributed by atoms with Gasteiger partial charge in [-0.05, 0) is 28.3 Å². The van der Waals surface area contributed by atoms with Crippen LogP contribution >= 0.6 is 15.9 Å². The molecule has 16 heavy (non-hydrogen) atoms. The second-order valence-corrected chi connectivity index (χ2v) is 5.31. The zero-order chi connectivity index (χ0) is 11.7. The van der Waals surface area contributed by atoms with Crippen LogP contribution in [0, 0.1) is 5.92 Å². The maximum Gasteiger partial charge on any atom is 0.0324 e. The molecule has 2 heteroatoms. The van der Waals surface area contributed by atoms with Crippen molar-refractivity contribution in [1.29, 1.82) is 0 Å². The molecular weight excluding hydrogens is 262 g/mol. The van der Waals surface area contributed by atoms with E-state index >= 15 is 0 Å². The molecule has 2 aromatic carbocycles. The van der Waals surface area contributed by atoms with Crippen LogP contribution in [0.15, 0.2) is 40.9 Å². The smallest absolute Gasteiger partial charge is 0.0324 e. The number of benzene rings is 2. The van der Waals surface area contributed by atoms with Gasteiger partial charge in [0, 0.05) is 10.5 Å². The van der Waals surface area contributed by atoms with E-state index in [2.05, 4.69) is 66.2 Å². The Kier molecular flexibility index (Phi) is 3.31. The van der Waals surface area contributed by atoms with Crippen molar-refractivity contribution in [1.82, 2.24) is 0 Å². The Hall–Kier alpha value is -0.860. The molecule has 0 amide bonds. The molecule has 0 heterocycles. The predicted octanol–water partition coefficient (Wildman–Crippen LogP) is 4.26. The van der Waals surface area contributed by atoms with Crippen molar-refractivity contribution < 1.29 is 0 Å². The number of halogens is 1. The van der Waals surface area contributed by atoms with Gasteiger partial charge >= 0.3 is 0 Å². The largest absolute Gasteiger partial charge is 0.324 e. The quantitative estimate of drug-likeness (QED) is 0.872. The predicted molar refractivity (Wildman–Crippen MR) is 73.4 cm³/mol. The molecule has 0 aliphatic heterocycles. The van der Waals surface area contributed by atoms with Crippen molar-refractivity contribution in [3.63, 3.8) is 0 Å². The van der Waals surface area contributed by atoms with Gasteiger partial charge < -0.3 is 5.73 Å². The van der Waals surface area contributed by atoms with Crippen LogP contribution in [0.4, 0.5) is 0 Å². The Labute approximate surface area is 105 Å². The topological polar surface area (TPSA) is 26.0 Å². The maximum absolute atomic E-state index is 6.24. The number of nitrogens with two attached hydrogens (primary N) is 1. The Morgan fingerprint density at radius 2 is 1.62 bits per heavy atom. The Balaban J connectivity index is 2.67. The van der Waals surface area contributed by atoms with Crippen LogP contribution in [-0.2, 0) is 0 Å². The first-order valence-corrected chi connectivity index (χ1v) is 6.33. The van der Waals surface area contributed by atoms with Gasteiger partial charge in [0.25, 0.3) is 0 Å². The highest BCUT2D eigenvalue weighted by Crippen LogP contribution is 2.31. The fraction of sp³-hybridized carbons (Fsp3) is 0.286. The van der Waals surface area contributed by atoms with Crippen molar-refractivity contribution in [3.05, 3.63) is 46.4 Å².